The fourth-order valence-corrected chi connectivity index (χ4v) is 2.19. The lowest BCUT2D eigenvalue weighted by Crippen LogP contribution is -2.13. The van der Waals surface area contributed by atoms with Gasteiger partial charge in [-0.1, -0.05) is 0 Å². The Hall–Kier alpha value is -1.88. The molecule has 0 heterocycles. The van der Waals surface area contributed by atoms with Crippen molar-refractivity contribution in [3.05, 3.63) is 57.8 Å². The van der Waals surface area contributed by atoms with Gasteiger partial charge in [-0.25, -0.2) is 4.39 Å². The average molecular weight is 338 g/mol. The number of benzene rings is 2. The fraction of sp³-hybridized carbons (Fsp3) is 0.133. The Kier molecular flexibility index (Phi) is 4.39. The first-order valence-corrected chi connectivity index (χ1v) is 6.71. The third kappa shape index (κ3) is 3.17. The van der Waals surface area contributed by atoms with E-state index >= 15 is 0 Å². The molecule has 0 bridgehead atoms. The van der Waals surface area contributed by atoms with Crippen LogP contribution in [0.1, 0.15) is 15.9 Å². The largest absolute Gasteiger partial charge is 0.497 e. The van der Waals surface area contributed by atoms with Crippen LogP contribution in [0.5, 0.6) is 5.75 Å². The van der Waals surface area contributed by atoms with Crippen molar-refractivity contribution in [2.75, 3.05) is 12.4 Å². The van der Waals surface area contributed by atoms with Gasteiger partial charge in [-0.2, -0.15) is 0 Å². The van der Waals surface area contributed by atoms with E-state index in [0.717, 1.165) is 5.56 Å². The van der Waals surface area contributed by atoms with Crippen LogP contribution in [-0.4, -0.2) is 13.0 Å². The predicted molar refractivity (Wildman–Crippen MR) is 79.8 cm³/mol. The summed E-state index contributed by atoms with van der Waals surface area (Å²) in [6, 6.07) is 9.31. The number of nitrogens with one attached hydrogen (secondary N) is 1. The number of hydrogen-bond donors (Lipinski definition) is 1. The van der Waals surface area contributed by atoms with Gasteiger partial charge in [-0.15, -0.1) is 0 Å². The maximum Gasteiger partial charge on any atom is 0.256 e. The van der Waals surface area contributed by atoms with E-state index in [0.29, 0.717) is 15.9 Å². The van der Waals surface area contributed by atoms with Gasteiger partial charge in [0.25, 0.3) is 5.91 Å². The Labute approximate surface area is 124 Å². The van der Waals surface area contributed by atoms with Crippen LogP contribution in [0.3, 0.4) is 0 Å². The highest BCUT2D eigenvalue weighted by Crippen LogP contribution is 2.23. The predicted octanol–water partition coefficient (Wildman–Crippen LogP) is 4.16. The number of methoxy groups -OCH3 is 1. The van der Waals surface area contributed by atoms with Gasteiger partial charge in [-0.3, -0.25) is 4.79 Å². The zero-order valence-electron chi connectivity index (χ0n) is 11.0. The smallest absolute Gasteiger partial charge is 0.256 e. The van der Waals surface area contributed by atoms with Gasteiger partial charge in [0.15, 0.2) is 0 Å². The zero-order valence-corrected chi connectivity index (χ0v) is 12.6. The molecule has 0 fully saturated rings. The molecule has 2 aromatic rings. The second kappa shape index (κ2) is 6.05. The number of carbonyl (C=O) groups excluding carboxylic acids is 1. The molecular formula is C15H13BrFNO2. The van der Waals surface area contributed by atoms with Crippen molar-refractivity contribution in [2.45, 2.75) is 6.92 Å². The summed E-state index contributed by atoms with van der Waals surface area (Å²) in [5.74, 6) is -0.109. The van der Waals surface area contributed by atoms with E-state index in [-0.39, 0.29) is 11.5 Å². The van der Waals surface area contributed by atoms with Crippen LogP contribution in [0.4, 0.5) is 10.1 Å². The first kappa shape index (κ1) is 14.5. The normalized spacial score (nSPS) is 10.2. The molecule has 3 nitrogen and oxygen atoms in total. The van der Waals surface area contributed by atoms with Crippen molar-refractivity contribution < 1.29 is 13.9 Å². The van der Waals surface area contributed by atoms with Gasteiger partial charge < -0.3 is 10.1 Å². The third-order valence-corrected chi connectivity index (χ3v) is 3.55. The van der Waals surface area contributed by atoms with Crippen LogP contribution in [0.2, 0.25) is 0 Å². The van der Waals surface area contributed by atoms with E-state index < -0.39 is 5.82 Å². The number of hydrogen-bond acceptors (Lipinski definition) is 2. The molecule has 0 saturated heterocycles. The van der Waals surface area contributed by atoms with Crippen LogP contribution in [-0.2, 0) is 0 Å². The number of anilines is 1. The van der Waals surface area contributed by atoms with E-state index in [4.69, 9.17) is 4.74 Å². The molecule has 0 radical (unpaired) electrons. The molecule has 0 spiro atoms. The standard InChI is InChI=1S/C15H13BrFNO2/c1-9-7-11(20-2)4-6-14(9)18-15(19)12-8-10(17)3-5-13(12)16/h3-8H,1-2H3,(H,18,19). The Morgan fingerprint density at radius 2 is 2.00 bits per heavy atom. The van der Waals surface area contributed by atoms with Crippen molar-refractivity contribution in [3.8, 4) is 5.75 Å². The number of carbonyl (C=O) groups is 1. The highest BCUT2D eigenvalue weighted by Gasteiger charge is 2.12. The Morgan fingerprint density at radius 3 is 2.65 bits per heavy atom. The SMILES string of the molecule is COc1ccc(NC(=O)c2cc(F)ccc2Br)c(C)c1. The maximum atomic E-state index is 13.2. The Morgan fingerprint density at radius 1 is 1.25 bits per heavy atom. The molecule has 104 valence electrons. The van der Waals surface area contributed by atoms with Crippen LogP contribution >= 0.6 is 15.9 Å². The number of halogens is 2. The first-order valence-electron chi connectivity index (χ1n) is 5.92. The van der Waals surface area contributed by atoms with E-state index in [2.05, 4.69) is 21.2 Å². The van der Waals surface area contributed by atoms with E-state index in [1.165, 1.54) is 18.2 Å². The van der Waals surface area contributed by atoms with Crippen molar-refractivity contribution in [2.24, 2.45) is 0 Å². The second-order valence-corrected chi connectivity index (χ2v) is 5.11. The Balaban J connectivity index is 2.25. The summed E-state index contributed by atoms with van der Waals surface area (Å²) < 4.78 is 18.9. The minimum absolute atomic E-state index is 0.250. The minimum atomic E-state index is -0.454. The molecule has 0 aliphatic carbocycles. The van der Waals surface area contributed by atoms with E-state index in [9.17, 15) is 9.18 Å². The van der Waals surface area contributed by atoms with Crippen LogP contribution < -0.4 is 10.1 Å². The first-order chi connectivity index (χ1) is 9.51. The molecule has 2 rings (SSSR count). The lowest BCUT2D eigenvalue weighted by molar-refractivity contribution is 0.102. The van der Waals surface area contributed by atoms with Crippen molar-refractivity contribution in [1.29, 1.82) is 0 Å². The average Bonchev–Trinajstić information content (AvgIpc) is 2.43. The van der Waals surface area contributed by atoms with Gasteiger partial charge in [0, 0.05) is 10.2 Å². The minimum Gasteiger partial charge on any atom is -0.497 e. The number of rotatable bonds is 3. The summed E-state index contributed by atoms with van der Waals surface area (Å²) in [6.45, 7) is 1.86. The van der Waals surface area contributed by atoms with Crippen LogP contribution in [0.25, 0.3) is 0 Å². The van der Waals surface area contributed by atoms with Crippen LogP contribution in [0.15, 0.2) is 40.9 Å². The van der Waals surface area contributed by atoms with E-state index in [1.54, 1.807) is 19.2 Å². The second-order valence-electron chi connectivity index (χ2n) is 4.26. The summed E-state index contributed by atoms with van der Waals surface area (Å²) in [4.78, 5) is 12.2. The highest BCUT2D eigenvalue weighted by molar-refractivity contribution is 9.10. The number of aryl methyl sites for hydroxylation is 1. The molecule has 1 amide bonds. The molecule has 0 aliphatic rings. The lowest BCUT2D eigenvalue weighted by Gasteiger charge is -2.11. The summed E-state index contributed by atoms with van der Waals surface area (Å²) in [6.07, 6.45) is 0. The summed E-state index contributed by atoms with van der Waals surface area (Å²) in [5.41, 5.74) is 1.78. The monoisotopic (exact) mass is 337 g/mol. The molecule has 0 aromatic heterocycles. The van der Waals surface area contributed by atoms with Crippen molar-refractivity contribution >= 4 is 27.5 Å². The molecule has 0 unspecified atom stereocenters. The molecule has 0 aliphatic heterocycles. The number of amides is 1. The third-order valence-electron chi connectivity index (χ3n) is 2.85. The maximum absolute atomic E-state index is 13.2. The molecule has 2 aromatic carbocycles. The lowest BCUT2D eigenvalue weighted by atomic mass is 10.1. The summed E-state index contributed by atoms with van der Waals surface area (Å²) in [5, 5.41) is 2.75. The van der Waals surface area contributed by atoms with Gasteiger partial charge in [0.05, 0.1) is 12.7 Å². The molecule has 5 heteroatoms. The fourth-order valence-electron chi connectivity index (χ4n) is 1.76. The van der Waals surface area contributed by atoms with Gasteiger partial charge in [-0.05, 0) is 64.8 Å². The van der Waals surface area contributed by atoms with Gasteiger partial charge in [0.1, 0.15) is 11.6 Å². The molecule has 20 heavy (non-hydrogen) atoms. The topological polar surface area (TPSA) is 38.3 Å². The van der Waals surface area contributed by atoms with Crippen LogP contribution in [0, 0.1) is 12.7 Å². The van der Waals surface area contributed by atoms with Gasteiger partial charge in [0.2, 0.25) is 0 Å². The van der Waals surface area contributed by atoms with Crippen molar-refractivity contribution in [3.63, 3.8) is 0 Å². The molecular weight excluding hydrogens is 325 g/mol. The van der Waals surface area contributed by atoms with Crippen molar-refractivity contribution in [1.82, 2.24) is 0 Å². The summed E-state index contributed by atoms with van der Waals surface area (Å²) >= 11 is 3.24. The molecule has 0 atom stereocenters. The van der Waals surface area contributed by atoms with Gasteiger partial charge >= 0.3 is 0 Å². The zero-order chi connectivity index (χ0) is 14.7. The summed E-state index contributed by atoms with van der Waals surface area (Å²) in [7, 11) is 1.58. The number of ether oxygens (including phenoxy) is 1. The van der Waals surface area contributed by atoms with E-state index in [1.807, 2.05) is 13.0 Å². The quantitative estimate of drug-likeness (QED) is 0.913. The molecule has 1 N–H and O–H groups in total. The molecule has 0 saturated carbocycles. The highest BCUT2D eigenvalue weighted by atomic mass is 79.9. The Bertz CT molecular complexity index is 658.